The predicted octanol–water partition coefficient (Wildman–Crippen LogP) is 1.78. The molecule has 1 amide bonds. The van der Waals surface area contributed by atoms with Gasteiger partial charge in [-0.25, -0.2) is 4.79 Å². The maximum absolute atomic E-state index is 12.5. The number of amides is 1. The van der Waals surface area contributed by atoms with Crippen LogP contribution in [0, 0.1) is 5.92 Å². The second kappa shape index (κ2) is 6.48. The van der Waals surface area contributed by atoms with Crippen molar-refractivity contribution >= 4 is 11.9 Å². The minimum Gasteiger partial charge on any atom is -0.480 e. The Balaban J connectivity index is 1.77. The number of carboxylic acid groups (broad SMARTS) is 1. The fraction of sp³-hybridized carbons (Fsp3) is 0.529. The quantitative estimate of drug-likeness (QED) is 0.889. The Labute approximate surface area is 129 Å². The Hall–Kier alpha value is -1.88. The van der Waals surface area contributed by atoms with Crippen LogP contribution in [0.1, 0.15) is 40.7 Å². The van der Waals surface area contributed by atoms with Gasteiger partial charge in [0.1, 0.15) is 6.04 Å². The smallest absolute Gasteiger partial charge is 0.326 e. The summed E-state index contributed by atoms with van der Waals surface area (Å²) in [7, 11) is 0. The molecule has 1 aliphatic heterocycles. The zero-order valence-electron chi connectivity index (χ0n) is 12.5. The molecule has 1 fully saturated rings. The zero-order valence-corrected chi connectivity index (χ0v) is 12.5. The molecule has 5 heteroatoms. The van der Waals surface area contributed by atoms with Gasteiger partial charge in [-0.15, -0.1) is 0 Å². The van der Waals surface area contributed by atoms with Crippen molar-refractivity contribution in [1.29, 1.82) is 0 Å². The van der Waals surface area contributed by atoms with E-state index in [1.807, 2.05) is 12.1 Å². The normalized spacial score (nSPS) is 21.9. The molecule has 118 valence electrons. The summed E-state index contributed by atoms with van der Waals surface area (Å²) in [6, 6.07) is 4.82. The van der Waals surface area contributed by atoms with Crippen molar-refractivity contribution in [3.05, 3.63) is 34.9 Å². The molecule has 2 aliphatic rings. The average Bonchev–Trinajstić information content (AvgIpc) is 3.01. The molecule has 0 aromatic heterocycles. The minimum atomic E-state index is -0.989. The number of aliphatic carboxylic acids is 1. The summed E-state index contributed by atoms with van der Waals surface area (Å²) in [6.45, 7) is 1.06. The van der Waals surface area contributed by atoms with Crippen LogP contribution in [0.5, 0.6) is 0 Å². The van der Waals surface area contributed by atoms with Gasteiger partial charge in [-0.05, 0) is 49.3 Å². The van der Waals surface area contributed by atoms with Crippen molar-refractivity contribution in [2.45, 2.75) is 38.1 Å². The summed E-state index contributed by atoms with van der Waals surface area (Å²) in [5.74, 6) is -1.43. The molecule has 1 aliphatic carbocycles. The molecule has 0 saturated carbocycles. The number of hydrogen-bond acceptors (Lipinski definition) is 3. The first kappa shape index (κ1) is 15.0. The minimum absolute atomic E-state index is 0.160. The average molecular weight is 303 g/mol. The second-order valence-corrected chi connectivity index (χ2v) is 6.06. The molecule has 22 heavy (non-hydrogen) atoms. The number of nitrogens with one attached hydrogen (secondary N) is 1. The fourth-order valence-corrected chi connectivity index (χ4v) is 3.46. The maximum atomic E-state index is 12.5. The highest BCUT2D eigenvalue weighted by atomic mass is 16.5. The molecule has 0 bridgehead atoms. The summed E-state index contributed by atoms with van der Waals surface area (Å²) >= 11 is 0. The van der Waals surface area contributed by atoms with E-state index < -0.39 is 12.0 Å². The van der Waals surface area contributed by atoms with Crippen molar-refractivity contribution in [1.82, 2.24) is 5.32 Å². The van der Waals surface area contributed by atoms with Crippen LogP contribution in [0.3, 0.4) is 0 Å². The van der Waals surface area contributed by atoms with Gasteiger partial charge in [0.2, 0.25) is 0 Å². The maximum Gasteiger partial charge on any atom is 0.326 e. The van der Waals surface area contributed by atoms with Gasteiger partial charge < -0.3 is 15.2 Å². The number of aryl methyl sites for hydroxylation is 1. The van der Waals surface area contributed by atoms with Gasteiger partial charge in [-0.2, -0.15) is 0 Å². The highest BCUT2D eigenvalue weighted by Gasteiger charge is 2.32. The van der Waals surface area contributed by atoms with E-state index in [0.717, 1.165) is 37.7 Å². The van der Waals surface area contributed by atoms with E-state index >= 15 is 0 Å². The largest absolute Gasteiger partial charge is 0.480 e. The van der Waals surface area contributed by atoms with Gasteiger partial charge in [0.05, 0.1) is 6.61 Å². The number of benzene rings is 1. The summed E-state index contributed by atoms with van der Waals surface area (Å²) < 4.78 is 5.36. The zero-order chi connectivity index (χ0) is 15.5. The molecule has 1 saturated heterocycles. The topological polar surface area (TPSA) is 75.6 Å². The molecule has 0 unspecified atom stereocenters. The molecule has 2 N–H and O–H groups in total. The first-order valence-electron chi connectivity index (χ1n) is 7.89. The number of carbonyl (C=O) groups excluding carboxylic acids is 1. The monoisotopic (exact) mass is 303 g/mol. The van der Waals surface area contributed by atoms with Gasteiger partial charge in [0, 0.05) is 18.1 Å². The van der Waals surface area contributed by atoms with Crippen molar-refractivity contribution in [3.63, 3.8) is 0 Å². The molecule has 1 aromatic carbocycles. The van der Waals surface area contributed by atoms with Crippen LogP contribution < -0.4 is 5.32 Å². The van der Waals surface area contributed by atoms with Gasteiger partial charge in [0.25, 0.3) is 5.91 Å². The molecule has 5 nitrogen and oxygen atoms in total. The van der Waals surface area contributed by atoms with E-state index in [4.69, 9.17) is 4.74 Å². The van der Waals surface area contributed by atoms with Crippen LogP contribution >= 0.6 is 0 Å². The van der Waals surface area contributed by atoms with E-state index in [1.54, 1.807) is 6.07 Å². The highest BCUT2D eigenvalue weighted by Crippen LogP contribution is 2.26. The Morgan fingerprint density at radius 3 is 2.86 bits per heavy atom. The summed E-state index contributed by atoms with van der Waals surface area (Å²) in [6.07, 6.45) is 4.55. The third-order valence-electron chi connectivity index (χ3n) is 4.61. The number of ether oxygens (including phenoxy) is 1. The number of hydrogen-bond donors (Lipinski definition) is 2. The fourth-order valence-electron chi connectivity index (χ4n) is 3.46. The van der Waals surface area contributed by atoms with Crippen LogP contribution in [0.4, 0.5) is 0 Å². The molecular formula is C17H21NO4. The third-order valence-corrected chi connectivity index (χ3v) is 4.61. The molecule has 1 heterocycles. The van der Waals surface area contributed by atoms with E-state index in [0.29, 0.717) is 18.8 Å². The molecule has 0 radical (unpaired) electrons. The second-order valence-electron chi connectivity index (χ2n) is 6.06. The number of rotatable bonds is 4. The SMILES string of the molecule is O=C(N[C@@H](C(=O)O)[C@H]1CCCOC1)c1cccc2c1CCC2. The molecule has 0 spiro atoms. The number of carboxylic acids is 1. The van der Waals surface area contributed by atoms with E-state index in [-0.39, 0.29) is 11.8 Å². The van der Waals surface area contributed by atoms with Crippen molar-refractivity contribution in [2.75, 3.05) is 13.2 Å². The van der Waals surface area contributed by atoms with Gasteiger partial charge in [0.15, 0.2) is 0 Å². The van der Waals surface area contributed by atoms with Crippen LogP contribution in [-0.2, 0) is 22.4 Å². The molecular weight excluding hydrogens is 282 g/mol. The van der Waals surface area contributed by atoms with Crippen molar-refractivity contribution in [3.8, 4) is 0 Å². The molecule has 1 aromatic rings. The van der Waals surface area contributed by atoms with Crippen LogP contribution in [0.2, 0.25) is 0 Å². The summed E-state index contributed by atoms with van der Waals surface area (Å²) in [5.41, 5.74) is 2.91. The van der Waals surface area contributed by atoms with Gasteiger partial charge in [-0.1, -0.05) is 12.1 Å². The van der Waals surface area contributed by atoms with Crippen LogP contribution in [0.25, 0.3) is 0 Å². The highest BCUT2D eigenvalue weighted by molar-refractivity contribution is 5.98. The first-order chi connectivity index (χ1) is 10.7. The molecule has 2 atom stereocenters. The first-order valence-corrected chi connectivity index (χ1v) is 7.89. The van der Waals surface area contributed by atoms with Gasteiger partial charge >= 0.3 is 5.97 Å². The lowest BCUT2D eigenvalue weighted by Gasteiger charge is -2.28. The Morgan fingerprint density at radius 2 is 2.14 bits per heavy atom. The van der Waals surface area contributed by atoms with E-state index in [2.05, 4.69) is 5.32 Å². The predicted molar refractivity (Wildman–Crippen MR) is 80.9 cm³/mol. The van der Waals surface area contributed by atoms with E-state index in [9.17, 15) is 14.7 Å². The third kappa shape index (κ3) is 2.99. The number of fused-ring (bicyclic) bond motifs is 1. The van der Waals surface area contributed by atoms with Crippen LogP contribution in [-0.4, -0.2) is 36.2 Å². The Morgan fingerprint density at radius 1 is 1.27 bits per heavy atom. The van der Waals surface area contributed by atoms with E-state index in [1.165, 1.54) is 5.56 Å². The Bertz CT molecular complexity index is 578. The lowest BCUT2D eigenvalue weighted by Crippen LogP contribution is -2.48. The van der Waals surface area contributed by atoms with Crippen molar-refractivity contribution < 1.29 is 19.4 Å². The van der Waals surface area contributed by atoms with Crippen molar-refractivity contribution in [2.24, 2.45) is 5.92 Å². The molecule has 3 rings (SSSR count). The lowest BCUT2D eigenvalue weighted by molar-refractivity contribution is -0.142. The van der Waals surface area contributed by atoms with Crippen LogP contribution in [0.15, 0.2) is 18.2 Å². The lowest BCUT2D eigenvalue weighted by atomic mass is 9.93. The summed E-state index contributed by atoms with van der Waals surface area (Å²) in [5, 5.41) is 12.2. The summed E-state index contributed by atoms with van der Waals surface area (Å²) in [4.78, 5) is 24.1. The Kier molecular flexibility index (Phi) is 4.43. The number of carbonyl (C=O) groups is 2. The standard InChI is InChI=1S/C17H21NO4/c19-16(14-8-2-5-11-4-1-7-13(11)14)18-15(17(20)21)12-6-3-9-22-10-12/h2,5,8,12,15H,1,3-4,6-7,9-10H2,(H,18,19)(H,20,21)/t12-,15+/m0/s1. The van der Waals surface area contributed by atoms with Gasteiger partial charge in [-0.3, -0.25) is 4.79 Å².